The van der Waals surface area contributed by atoms with E-state index in [1.165, 1.54) is 22.1 Å². The van der Waals surface area contributed by atoms with Gasteiger partial charge in [0.25, 0.3) is 0 Å². The summed E-state index contributed by atoms with van der Waals surface area (Å²) in [4.78, 5) is 4.56. The summed E-state index contributed by atoms with van der Waals surface area (Å²) in [5.74, 6) is 0. The number of rotatable bonds is 3. The molecule has 0 saturated heterocycles. The van der Waals surface area contributed by atoms with Gasteiger partial charge in [-0.3, -0.25) is 4.98 Å². The molecule has 1 atom stereocenters. The van der Waals surface area contributed by atoms with Crippen LogP contribution in [0.25, 0.3) is 10.9 Å². The van der Waals surface area contributed by atoms with Crippen molar-refractivity contribution in [1.29, 1.82) is 0 Å². The fourth-order valence-electron chi connectivity index (χ4n) is 2.62. The summed E-state index contributed by atoms with van der Waals surface area (Å²) in [6.45, 7) is 2.12. The van der Waals surface area contributed by atoms with Crippen LogP contribution in [0.1, 0.15) is 22.7 Å². The van der Waals surface area contributed by atoms with Crippen molar-refractivity contribution in [3.63, 3.8) is 0 Å². The maximum Gasteiger partial charge on any atom is 0.0702 e. The Bertz CT molecular complexity index is 734. The van der Waals surface area contributed by atoms with Crippen LogP contribution >= 0.6 is 0 Å². The van der Waals surface area contributed by atoms with Gasteiger partial charge in [-0.25, -0.2) is 0 Å². The van der Waals surface area contributed by atoms with Gasteiger partial charge in [-0.05, 0) is 37.2 Å². The molecule has 2 aromatic carbocycles. The molecule has 3 rings (SSSR count). The molecule has 2 heteroatoms. The monoisotopic (exact) mass is 262 g/mol. The highest BCUT2D eigenvalue weighted by Gasteiger charge is 2.12. The third kappa shape index (κ3) is 2.43. The number of hydrogen-bond donors (Lipinski definition) is 1. The molecule has 0 aliphatic heterocycles. The minimum Gasteiger partial charge on any atom is -0.309 e. The Balaban J connectivity index is 2.07. The largest absolute Gasteiger partial charge is 0.309 e. The number of pyridine rings is 1. The van der Waals surface area contributed by atoms with Gasteiger partial charge >= 0.3 is 0 Å². The van der Waals surface area contributed by atoms with Gasteiger partial charge in [0, 0.05) is 11.6 Å². The van der Waals surface area contributed by atoms with Crippen molar-refractivity contribution in [3.05, 3.63) is 77.5 Å². The van der Waals surface area contributed by atoms with Gasteiger partial charge in [0.2, 0.25) is 0 Å². The molecule has 2 nitrogen and oxygen atoms in total. The zero-order valence-corrected chi connectivity index (χ0v) is 11.8. The second kappa shape index (κ2) is 5.43. The van der Waals surface area contributed by atoms with Crippen molar-refractivity contribution in [2.75, 3.05) is 7.05 Å². The first-order chi connectivity index (χ1) is 9.78. The average molecular weight is 262 g/mol. The van der Waals surface area contributed by atoms with E-state index in [0.29, 0.717) is 0 Å². The molecule has 0 bridgehead atoms. The molecule has 0 spiro atoms. The maximum atomic E-state index is 4.56. The van der Waals surface area contributed by atoms with Crippen LogP contribution in [0.3, 0.4) is 0 Å². The van der Waals surface area contributed by atoms with Crippen LogP contribution in [-0.4, -0.2) is 12.0 Å². The van der Waals surface area contributed by atoms with E-state index in [0.717, 1.165) is 5.52 Å². The highest BCUT2D eigenvalue weighted by molar-refractivity contribution is 5.79. The van der Waals surface area contributed by atoms with E-state index in [9.17, 15) is 0 Å². The zero-order valence-electron chi connectivity index (χ0n) is 11.8. The number of aromatic nitrogens is 1. The van der Waals surface area contributed by atoms with Crippen molar-refractivity contribution in [3.8, 4) is 0 Å². The predicted octanol–water partition coefficient (Wildman–Crippen LogP) is 3.85. The Morgan fingerprint density at radius 1 is 0.950 bits per heavy atom. The van der Waals surface area contributed by atoms with Crippen molar-refractivity contribution >= 4 is 10.9 Å². The van der Waals surface area contributed by atoms with Gasteiger partial charge in [-0.2, -0.15) is 0 Å². The Hall–Kier alpha value is -2.19. The van der Waals surface area contributed by atoms with Crippen LogP contribution in [-0.2, 0) is 0 Å². The normalized spacial score (nSPS) is 12.5. The fraction of sp³-hybridized carbons (Fsp3) is 0.167. The van der Waals surface area contributed by atoms with Gasteiger partial charge in [-0.1, -0.05) is 48.0 Å². The molecule has 0 fully saturated rings. The molecular formula is C18H18N2. The lowest BCUT2D eigenvalue weighted by atomic mass is 9.98. The maximum absolute atomic E-state index is 4.56. The Morgan fingerprint density at radius 2 is 1.80 bits per heavy atom. The minimum absolute atomic E-state index is 0.173. The quantitative estimate of drug-likeness (QED) is 0.775. The Kier molecular flexibility index (Phi) is 3.48. The molecular weight excluding hydrogens is 244 g/mol. The second-order valence-electron chi connectivity index (χ2n) is 5.10. The van der Waals surface area contributed by atoms with E-state index in [4.69, 9.17) is 0 Å². The minimum atomic E-state index is 0.173. The molecule has 0 amide bonds. The average Bonchev–Trinajstić information content (AvgIpc) is 2.48. The summed E-state index contributed by atoms with van der Waals surface area (Å²) < 4.78 is 0. The number of nitrogens with zero attached hydrogens (tertiary/aromatic N) is 1. The highest BCUT2D eigenvalue weighted by Crippen LogP contribution is 2.24. The first kappa shape index (κ1) is 12.8. The van der Waals surface area contributed by atoms with Crippen molar-refractivity contribution in [2.45, 2.75) is 13.0 Å². The number of nitrogens with one attached hydrogen (secondary N) is 1. The lowest BCUT2D eigenvalue weighted by Gasteiger charge is -2.18. The fourth-order valence-corrected chi connectivity index (χ4v) is 2.62. The topological polar surface area (TPSA) is 24.9 Å². The summed E-state index contributed by atoms with van der Waals surface area (Å²) in [5, 5.41) is 4.57. The van der Waals surface area contributed by atoms with E-state index in [1.807, 2.05) is 25.4 Å². The lowest BCUT2D eigenvalue weighted by molar-refractivity contribution is 0.689. The Morgan fingerprint density at radius 3 is 2.60 bits per heavy atom. The van der Waals surface area contributed by atoms with Crippen LogP contribution in [0, 0.1) is 6.92 Å². The summed E-state index contributed by atoms with van der Waals surface area (Å²) in [7, 11) is 1.99. The van der Waals surface area contributed by atoms with Crippen LogP contribution in [0.4, 0.5) is 0 Å². The number of aryl methyl sites for hydroxylation is 1. The van der Waals surface area contributed by atoms with E-state index in [1.54, 1.807) is 0 Å². The van der Waals surface area contributed by atoms with E-state index >= 15 is 0 Å². The third-order valence-electron chi connectivity index (χ3n) is 3.61. The van der Waals surface area contributed by atoms with Gasteiger partial charge in [-0.15, -0.1) is 0 Å². The van der Waals surface area contributed by atoms with Gasteiger partial charge < -0.3 is 5.32 Å². The molecule has 0 aliphatic rings. The summed E-state index contributed by atoms with van der Waals surface area (Å²) >= 11 is 0. The van der Waals surface area contributed by atoms with Crippen LogP contribution in [0.15, 0.2) is 60.8 Å². The zero-order chi connectivity index (χ0) is 13.9. The lowest BCUT2D eigenvalue weighted by Crippen LogP contribution is -2.17. The number of hydrogen-bond acceptors (Lipinski definition) is 2. The van der Waals surface area contributed by atoms with E-state index in [-0.39, 0.29) is 6.04 Å². The summed E-state index contributed by atoms with van der Waals surface area (Å²) in [6, 6.07) is 19.2. The van der Waals surface area contributed by atoms with Gasteiger partial charge in [0.05, 0.1) is 11.6 Å². The SMILES string of the molecule is CNC(c1cccc(C)c1)c1cnc2ccccc2c1. The summed E-state index contributed by atoms with van der Waals surface area (Å²) in [6.07, 6.45) is 1.96. The smallest absolute Gasteiger partial charge is 0.0702 e. The predicted molar refractivity (Wildman–Crippen MR) is 83.8 cm³/mol. The van der Waals surface area contributed by atoms with Crippen LogP contribution in [0.2, 0.25) is 0 Å². The first-order valence-corrected chi connectivity index (χ1v) is 6.86. The molecule has 0 saturated carbocycles. The van der Waals surface area contributed by atoms with E-state index < -0.39 is 0 Å². The van der Waals surface area contributed by atoms with E-state index in [2.05, 4.69) is 59.7 Å². The number of para-hydroxylation sites is 1. The Labute approximate surface area is 119 Å². The number of fused-ring (bicyclic) bond motifs is 1. The molecule has 1 aromatic heterocycles. The molecule has 3 aromatic rings. The highest BCUT2D eigenvalue weighted by atomic mass is 14.9. The van der Waals surface area contributed by atoms with Crippen molar-refractivity contribution < 1.29 is 0 Å². The molecule has 0 aliphatic carbocycles. The molecule has 0 radical (unpaired) electrons. The molecule has 1 heterocycles. The van der Waals surface area contributed by atoms with Crippen molar-refractivity contribution in [2.24, 2.45) is 0 Å². The van der Waals surface area contributed by atoms with Crippen LogP contribution in [0.5, 0.6) is 0 Å². The molecule has 1 N–H and O–H groups in total. The van der Waals surface area contributed by atoms with Gasteiger partial charge in [0.15, 0.2) is 0 Å². The first-order valence-electron chi connectivity index (χ1n) is 6.86. The summed E-state index contributed by atoms with van der Waals surface area (Å²) in [5.41, 5.74) is 4.77. The molecule has 1 unspecified atom stereocenters. The third-order valence-corrected chi connectivity index (χ3v) is 3.61. The standard InChI is InChI=1S/C18H18N2/c1-13-6-5-8-15(10-13)18(19-2)16-11-14-7-3-4-9-17(14)20-12-16/h3-12,18-19H,1-2H3. The molecule has 100 valence electrons. The molecule has 20 heavy (non-hydrogen) atoms. The van der Waals surface area contributed by atoms with Crippen molar-refractivity contribution in [1.82, 2.24) is 10.3 Å². The van der Waals surface area contributed by atoms with Gasteiger partial charge in [0.1, 0.15) is 0 Å². The second-order valence-corrected chi connectivity index (χ2v) is 5.10. The van der Waals surface area contributed by atoms with Crippen LogP contribution < -0.4 is 5.32 Å². The number of benzene rings is 2.